The first-order valence-corrected chi connectivity index (χ1v) is 11.6. The van der Waals surface area contributed by atoms with Crippen LogP contribution < -0.4 is 10.2 Å². The Labute approximate surface area is 181 Å². The number of hydrogen-bond acceptors (Lipinski definition) is 4. The largest absolute Gasteiger partial charge is 0.376 e. The Balaban J connectivity index is 1.89. The predicted molar refractivity (Wildman–Crippen MR) is 117 cm³/mol. The number of anilines is 2. The molecule has 1 fully saturated rings. The van der Waals surface area contributed by atoms with E-state index in [1.807, 2.05) is 0 Å². The minimum absolute atomic E-state index is 0.0974. The molecule has 6 nitrogen and oxygen atoms in total. The summed E-state index contributed by atoms with van der Waals surface area (Å²) in [5.74, 6) is -1.05. The van der Waals surface area contributed by atoms with Gasteiger partial charge in [-0.3, -0.25) is 4.79 Å². The van der Waals surface area contributed by atoms with Gasteiger partial charge in [-0.25, -0.2) is 12.8 Å². The number of benzene rings is 2. The maximum absolute atomic E-state index is 14.0. The molecule has 0 unspecified atom stereocenters. The van der Waals surface area contributed by atoms with E-state index >= 15 is 0 Å². The Morgan fingerprint density at radius 3 is 2.50 bits per heavy atom. The van der Waals surface area contributed by atoms with Crippen molar-refractivity contribution < 1.29 is 17.6 Å². The average Bonchev–Trinajstić information content (AvgIpc) is 2.71. The molecule has 2 aromatic carbocycles. The molecular formula is C21H25ClFN3O3S. The lowest BCUT2D eigenvalue weighted by Crippen LogP contribution is -2.35. The van der Waals surface area contributed by atoms with Gasteiger partial charge in [-0.05, 0) is 43.2 Å². The van der Waals surface area contributed by atoms with Gasteiger partial charge in [0.15, 0.2) is 0 Å². The Morgan fingerprint density at radius 1 is 1.17 bits per heavy atom. The summed E-state index contributed by atoms with van der Waals surface area (Å²) in [5.41, 5.74) is 1.08. The summed E-state index contributed by atoms with van der Waals surface area (Å²) < 4.78 is 41.5. The van der Waals surface area contributed by atoms with Crippen LogP contribution in [0.4, 0.5) is 15.8 Å². The third-order valence-corrected chi connectivity index (χ3v) is 7.32. The Kier molecular flexibility index (Phi) is 7.00. The number of carbonyl (C=O) groups excluding carboxylic acids is 1. The van der Waals surface area contributed by atoms with Crippen LogP contribution in [-0.4, -0.2) is 45.8 Å². The maximum atomic E-state index is 14.0. The fourth-order valence-corrected chi connectivity index (χ4v) is 5.25. The number of nitrogens with one attached hydrogen (secondary N) is 1. The summed E-state index contributed by atoms with van der Waals surface area (Å²) in [5, 5.41) is 2.89. The molecule has 2 aromatic rings. The molecule has 162 valence electrons. The summed E-state index contributed by atoms with van der Waals surface area (Å²) in [6, 6.07) is 8.89. The fourth-order valence-electron chi connectivity index (χ4n) is 3.48. The van der Waals surface area contributed by atoms with Crippen molar-refractivity contribution in [1.82, 2.24) is 4.31 Å². The van der Waals surface area contributed by atoms with E-state index in [0.29, 0.717) is 24.5 Å². The van der Waals surface area contributed by atoms with Crippen molar-refractivity contribution in [2.75, 3.05) is 37.4 Å². The molecule has 1 N–H and O–H groups in total. The second kappa shape index (κ2) is 9.32. The first-order chi connectivity index (χ1) is 14.2. The second-order valence-corrected chi connectivity index (χ2v) is 9.81. The third kappa shape index (κ3) is 4.94. The Hall–Kier alpha value is -2.16. The summed E-state index contributed by atoms with van der Waals surface area (Å²) in [6.45, 7) is 0.983. The molecule has 0 spiro atoms. The van der Waals surface area contributed by atoms with Crippen LogP contribution in [0.2, 0.25) is 5.02 Å². The van der Waals surface area contributed by atoms with Crippen molar-refractivity contribution in [2.45, 2.75) is 30.6 Å². The third-order valence-electron chi connectivity index (χ3n) is 5.08. The van der Waals surface area contributed by atoms with Gasteiger partial charge in [-0.15, -0.1) is 0 Å². The highest BCUT2D eigenvalue weighted by Crippen LogP contribution is 2.30. The fraction of sp³-hybridized carbons (Fsp3) is 0.381. The zero-order valence-electron chi connectivity index (χ0n) is 17.0. The quantitative estimate of drug-likeness (QED) is 0.720. The number of carbonyl (C=O) groups is 1. The smallest absolute Gasteiger partial charge is 0.243 e. The van der Waals surface area contributed by atoms with Crippen molar-refractivity contribution in [3.8, 4) is 0 Å². The summed E-state index contributed by atoms with van der Waals surface area (Å²) in [7, 11) is -0.0743. The van der Waals surface area contributed by atoms with Crippen LogP contribution >= 0.6 is 11.6 Å². The first kappa shape index (κ1) is 22.5. The highest BCUT2D eigenvalue weighted by molar-refractivity contribution is 7.89. The normalized spacial score (nSPS) is 15.1. The minimum atomic E-state index is -3.65. The lowest BCUT2D eigenvalue weighted by atomic mass is 10.1. The van der Waals surface area contributed by atoms with Gasteiger partial charge in [0.1, 0.15) is 5.82 Å². The lowest BCUT2D eigenvalue weighted by Gasteiger charge is -2.26. The molecule has 0 aliphatic carbocycles. The van der Waals surface area contributed by atoms with Gasteiger partial charge < -0.3 is 10.2 Å². The molecule has 1 aliphatic rings. The highest BCUT2D eigenvalue weighted by Gasteiger charge is 2.27. The highest BCUT2D eigenvalue weighted by atomic mass is 35.5. The van der Waals surface area contributed by atoms with Gasteiger partial charge in [0.05, 0.1) is 22.7 Å². The molecule has 9 heteroatoms. The van der Waals surface area contributed by atoms with Gasteiger partial charge in [0.2, 0.25) is 15.9 Å². The van der Waals surface area contributed by atoms with E-state index in [1.165, 1.54) is 28.6 Å². The lowest BCUT2D eigenvalue weighted by molar-refractivity contribution is -0.115. The van der Waals surface area contributed by atoms with Crippen LogP contribution in [0.25, 0.3) is 0 Å². The van der Waals surface area contributed by atoms with E-state index in [9.17, 15) is 17.6 Å². The number of hydrogen-bond donors (Lipinski definition) is 1. The van der Waals surface area contributed by atoms with Gasteiger partial charge in [0.25, 0.3) is 0 Å². The van der Waals surface area contributed by atoms with Gasteiger partial charge in [-0.2, -0.15) is 4.31 Å². The van der Waals surface area contributed by atoms with Crippen molar-refractivity contribution in [1.29, 1.82) is 0 Å². The molecular weight excluding hydrogens is 429 g/mol. The monoisotopic (exact) mass is 453 g/mol. The summed E-state index contributed by atoms with van der Waals surface area (Å²) in [6.07, 6.45) is 2.43. The van der Waals surface area contributed by atoms with E-state index in [-0.39, 0.29) is 21.9 Å². The van der Waals surface area contributed by atoms with E-state index in [0.717, 1.165) is 19.3 Å². The average molecular weight is 454 g/mol. The molecule has 30 heavy (non-hydrogen) atoms. The molecule has 3 rings (SSSR count). The Bertz CT molecular complexity index is 1020. The van der Waals surface area contributed by atoms with Crippen molar-refractivity contribution in [3.05, 3.63) is 52.8 Å². The molecule has 0 aromatic heterocycles. The number of halogens is 2. The minimum Gasteiger partial charge on any atom is -0.376 e. The molecule has 0 bridgehead atoms. The first-order valence-electron chi connectivity index (χ1n) is 9.74. The SMILES string of the molecule is CN(C)c1ccc(S(=O)(=O)N2CCCCC2)cc1NC(=O)Cc1c(F)cccc1Cl. The number of piperidine rings is 1. The van der Waals surface area contributed by atoms with Gasteiger partial charge in [0, 0.05) is 37.8 Å². The summed E-state index contributed by atoms with van der Waals surface area (Å²) in [4.78, 5) is 14.5. The second-order valence-electron chi connectivity index (χ2n) is 7.46. The predicted octanol–water partition coefficient (Wildman–Crippen LogP) is 3.90. The number of sulfonamides is 1. The van der Waals surface area contributed by atoms with E-state index in [2.05, 4.69) is 5.32 Å². The topological polar surface area (TPSA) is 69.7 Å². The van der Waals surface area contributed by atoms with Gasteiger partial charge in [-0.1, -0.05) is 24.1 Å². The van der Waals surface area contributed by atoms with E-state index in [4.69, 9.17) is 11.6 Å². The van der Waals surface area contributed by atoms with Crippen molar-refractivity contribution >= 4 is 38.9 Å². The molecule has 0 atom stereocenters. The Morgan fingerprint density at radius 2 is 1.87 bits per heavy atom. The molecule has 1 heterocycles. The van der Waals surface area contributed by atoms with Gasteiger partial charge >= 0.3 is 0 Å². The molecule has 1 amide bonds. The number of nitrogens with zero attached hydrogens (tertiary/aromatic N) is 2. The number of rotatable bonds is 6. The van der Waals surface area contributed by atoms with Crippen molar-refractivity contribution in [2.24, 2.45) is 0 Å². The van der Waals surface area contributed by atoms with Crippen LogP contribution in [0, 0.1) is 5.82 Å². The van der Waals surface area contributed by atoms with E-state index < -0.39 is 21.7 Å². The zero-order valence-corrected chi connectivity index (χ0v) is 18.6. The maximum Gasteiger partial charge on any atom is 0.243 e. The molecule has 0 radical (unpaired) electrons. The zero-order chi connectivity index (χ0) is 21.9. The van der Waals surface area contributed by atoms with Crippen molar-refractivity contribution in [3.63, 3.8) is 0 Å². The summed E-state index contributed by atoms with van der Waals surface area (Å²) >= 11 is 6.02. The number of amides is 1. The van der Waals surface area contributed by atoms with E-state index in [1.54, 1.807) is 31.1 Å². The molecule has 0 saturated carbocycles. The standard InChI is InChI=1S/C21H25ClFN3O3S/c1-25(2)20-10-9-15(30(28,29)26-11-4-3-5-12-26)13-19(20)24-21(27)14-16-17(22)7-6-8-18(16)23/h6-10,13H,3-5,11-12,14H2,1-2H3,(H,24,27). The molecule has 1 aliphatic heterocycles. The van der Waals surface area contributed by atoms with Crippen LogP contribution in [0.3, 0.4) is 0 Å². The van der Waals surface area contributed by atoms with Crippen LogP contribution in [0.1, 0.15) is 24.8 Å². The molecule has 1 saturated heterocycles. The van der Waals surface area contributed by atoms with Crippen LogP contribution in [0.5, 0.6) is 0 Å². The van der Waals surface area contributed by atoms with Crippen LogP contribution in [0.15, 0.2) is 41.3 Å². The van der Waals surface area contributed by atoms with Crippen LogP contribution in [-0.2, 0) is 21.2 Å².